The lowest BCUT2D eigenvalue weighted by Crippen LogP contribution is -2.54. The summed E-state index contributed by atoms with van der Waals surface area (Å²) in [6.45, 7) is 9.80. The molecule has 3 N–H and O–H groups in total. The molecule has 0 radical (unpaired) electrons. The van der Waals surface area contributed by atoms with Crippen LogP contribution in [-0.2, 0) is 23.9 Å². The molecule has 8 nitrogen and oxygen atoms in total. The van der Waals surface area contributed by atoms with E-state index in [0.29, 0.717) is 24.2 Å². The quantitative estimate of drug-likeness (QED) is 0.0959. The fourth-order valence-electron chi connectivity index (χ4n) is 5.09. The molecule has 0 saturated heterocycles. The van der Waals surface area contributed by atoms with Gasteiger partial charge in [-0.15, -0.1) is 0 Å². The molecular weight excluding hydrogens is 464 g/mol. The van der Waals surface area contributed by atoms with Gasteiger partial charge in [0.2, 0.25) is 0 Å². The zero-order valence-electron chi connectivity index (χ0n) is 23.1. The third-order valence-electron chi connectivity index (χ3n) is 7.33. The van der Waals surface area contributed by atoms with Gasteiger partial charge in [-0.25, -0.2) is 4.79 Å². The van der Waals surface area contributed by atoms with Gasteiger partial charge in [-0.05, 0) is 50.4 Å². The monoisotopic (exact) mass is 514 g/mol. The lowest BCUT2D eigenvalue weighted by molar-refractivity contribution is -0.182. The van der Waals surface area contributed by atoms with E-state index in [0.717, 1.165) is 39.0 Å². The number of carboxylic acids is 2. The summed E-state index contributed by atoms with van der Waals surface area (Å²) >= 11 is 0. The smallest absolute Gasteiger partial charge is 0.337 e. The van der Waals surface area contributed by atoms with Crippen LogP contribution in [0.25, 0.3) is 0 Å². The molecule has 0 spiro atoms. The fourth-order valence-corrected chi connectivity index (χ4v) is 5.09. The Labute approximate surface area is 217 Å². The Kier molecular flexibility index (Phi) is 17.3. The topological polar surface area (TPSA) is 138 Å². The summed E-state index contributed by atoms with van der Waals surface area (Å²) in [6.07, 6.45) is 11.8. The molecule has 0 aliphatic carbocycles. The zero-order chi connectivity index (χ0) is 27.7. The molecule has 4 atom stereocenters. The molecular formula is C28H50O8. The largest absolute Gasteiger partial charge is 0.481 e. The number of ether oxygens (including phenoxy) is 1. The number of carboxylic acid groups (broad SMARTS) is 2. The molecule has 0 heterocycles. The highest BCUT2D eigenvalue weighted by Gasteiger charge is 2.53. The highest BCUT2D eigenvalue weighted by Crippen LogP contribution is 2.32. The first kappa shape index (κ1) is 34.0. The van der Waals surface area contributed by atoms with Gasteiger partial charge in [-0.3, -0.25) is 14.4 Å². The summed E-state index contributed by atoms with van der Waals surface area (Å²) in [7, 11) is 0. The van der Waals surface area contributed by atoms with E-state index in [1.807, 2.05) is 0 Å². The van der Waals surface area contributed by atoms with E-state index in [2.05, 4.69) is 27.7 Å². The number of carbonyl (C=O) groups excluding carboxylic acids is 2. The number of aliphatic hydroxyl groups is 1. The molecule has 0 fully saturated rings. The summed E-state index contributed by atoms with van der Waals surface area (Å²) in [5, 5.41) is 28.7. The van der Waals surface area contributed by atoms with Gasteiger partial charge in [0.1, 0.15) is 5.78 Å². The number of esters is 1. The van der Waals surface area contributed by atoms with Crippen LogP contribution in [0.3, 0.4) is 0 Å². The number of aliphatic carboxylic acids is 2. The van der Waals surface area contributed by atoms with Gasteiger partial charge in [0, 0.05) is 0 Å². The molecule has 210 valence electrons. The molecule has 8 heteroatoms. The SMILES string of the molecule is CCCCC(CC)CC(CCCOC(=O)C(C(C)=O)C(O)(CC(=O)O)C(=O)O)CC(CC)CCCC. The maximum atomic E-state index is 12.6. The second-order valence-electron chi connectivity index (χ2n) is 10.3. The number of unbranched alkanes of at least 4 members (excludes halogenated alkanes) is 2. The van der Waals surface area contributed by atoms with Crippen molar-refractivity contribution in [3.8, 4) is 0 Å². The van der Waals surface area contributed by atoms with Crippen LogP contribution in [0, 0.1) is 23.7 Å². The van der Waals surface area contributed by atoms with Crippen molar-refractivity contribution in [2.75, 3.05) is 6.61 Å². The van der Waals surface area contributed by atoms with Gasteiger partial charge < -0.3 is 20.1 Å². The van der Waals surface area contributed by atoms with E-state index in [9.17, 15) is 29.4 Å². The van der Waals surface area contributed by atoms with Gasteiger partial charge >= 0.3 is 17.9 Å². The number of hydrogen-bond donors (Lipinski definition) is 3. The number of rotatable bonds is 22. The average Bonchev–Trinajstić information content (AvgIpc) is 2.80. The lowest BCUT2D eigenvalue weighted by atomic mass is 9.80. The summed E-state index contributed by atoms with van der Waals surface area (Å²) in [5.74, 6) is -6.03. The normalized spacial score (nSPS) is 16.4. The van der Waals surface area contributed by atoms with E-state index in [1.54, 1.807) is 0 Å². The van der Waals surface area contributed by atoms with Crippen LogP contribution in [0.4, 0.5) is 0 Å². The number of hydrogen-bond acceptors (Lipinski definition) is 6. The lowest BCUT2D eigenvalue weighted by Gasteiger charge is -2.28. The Morgan fingerprint density at radius 2 is 1.25 bits per heavy atom. The molecule has 0 aliphatic heterocycles. The van der Waals surface area contributed by atoms with Crippen LogP contribution >= 0.6 is 0 Å². The maximum Gasteiger partial charge on any atom is 0.337 e. The predicted molar refractivity (Wildman–Crippen MR) is 139 cm³/mol. The minimum atomic E-state index is -3.06. The highest BCUT2D eigenvalue weighted by atomic mass is 16.5. The standard InChI is InChI=1S/C28H50O8/c1-6-10-13-21(8-3)17-23(18-22(9-4)14-11-7-2)15-12-16-36-26(32)25(20(5)29)28(35,27(33)34)19-24(30)31/h21-23,25,35H,6-19H2,1-5H3,(H,30,31)(H,33,34). The number of ketones is 1. The van der Waals surface area contributed by atoms with Crippen LogP contribution in [0.2, 0.25) is 0 Å². The molecule has 0 aromatic carbocycles. The van der Waals surface area contributed by atoms with Crippen molar-refractivity contribution in [3.05, 3.63) is 0 Å². The molecule has 0 amide bonds. The minimum Gasteiger partial charge on any atom is -0.481 e. The van der Waals surface area contributed by atoms with Crippen LogP contribution in [0.15, 0.2) is 0 Å². The van der Waals surface area contributed by atoms with Gasteiger partial charge in [0.05, 0.1) is 13.0 Å². The number of Topliss-reactive ketones (excluding diaryl/α,β-unsaturated/α-hetero) is 1. The van der Waals surface area contributed by atoms with Crippen molar-refractivity contribution in [2.45, 2.75) is 124 Å². The van der Waals surface area contributed by atoms with Crippen LogP contribution in [0.1, 0.15) is 118 Å². The highest BCUT2D eigenvalue weighted by molar-refractivity contribution is 6.05. The van der Waals surface area contributed by atoms with E-state index in [-0.39, 0.29) is 6.61 Å². The fraction of sp³-hybridized carbons (Fsp3) is 0.857. The third-order valence-corrected chi connectivity index (χ3v) is 7.33. The van der Waals surface area contributed by atoms with Crippen molar-refractivity contribution in [1.29, 1.82) is 0 Å². The van der Waals surface area contributed by atoms with Crippen LogP contribution in [0.5, 0.6) is 0 Å². The van der Waals surface area contributed by atoms with Crippen molar-refractivity contribution < 1.29 is 39.2 Å². The molecule has 0 rings (SSSR count). The summed E-state index contributed by atoms with van der Waals surface area (Å²) in [4.78, 5) is 47.3. The summed E-state index contributed by atoms with van der Waals surface area (Å²) < 4.78 is 5.21. The average molecular weight is 515 g/mol. The third kappa shape index (κ3) is 12.3. The molecule has 0 bridgehead atoms. The molecule has 0 aromatic rings. The Morgan fingerprint density at radius 1 is 0.778 bits per heavy atom. The molecule has 4 unspecified atom stereocenters. The number of carbonyl (C=O) groups is 4. The Hall–Kier alpha value is -1.96. The Bertz CT molecular complexity index is 658. The van der Waals surface area contributed by atoms with Gasteiger partial charge in [0.15, 0.2) is 11.5 Å². The van der Waals surface area contributed by atoms with Crippen molar-refractivity contribution >= 4 is 23.7 Å². The second kappa shape index (κ2) is 18.3. The predicted octanol–water partition coefficient (Wildman–Crippen LogP) is 5.63. The molecule has 36 heavy (non-hydrogen) atoms. The second-order valence-corrected chi connectivity index (χ2v) is 10.3. The van der Waals surface area contributed by atoms with Crippen molar-refractivity contribution in [2.24, 2.45) is 23.7 Å². The Morgan fingerprint density at radius 3 is 1.61 bits per heavy atom. The maximum absolute atomic E-state index is 12.6. The summed E-state index contributed by atoms with van der Waals surface area (Å²) in [5.41, 5.74) is -3.06. The summed E-state index contributed by atoms with van der Waals surface area (Å²) in [6, 6.07) is 0. The van der Waals surface area contributed by atoms with Crippen molar-refractivity contribution in [3.63, 3.8) is 0 Å². The van der Waals surface area contributed by atoms with Crippen molar-refractivity contribution in [1.82, 2.24) is 0 Å². The van der Waals surface area contributed by atoms with Crippen LogP contribution in [-0.4, -0.2) is 51.2 Å². The van der Waals surface area contributed by atoms with Gasteiger partial charge in [-0.2, -0.15) is 0 Å². The first-order valence-electron chi connectivity index (χ1n) is 13.8. The zero-order valence-corrected chi connectivity index (χ0v) is 23.1. The van der Waals surface area contributed by atoms with Gasteiger partial charge in [-0.1, -0.05) is 79.1 Å². The van der Waals surface area contributed by atoms with Gasteiger partial charge in [0.25, 0.3) is 0 Å². The minimum absolute atomic E-state index is 0.0145. The van der Waals surface area contributed by atoms with Crippen LogP contribution < -0.4 is 0 Å². The first-order valence-corrected chi connectivity index (χ1v) is 13.8. The molecule has 0 aromatic heterocycles. The van der Waals surface area contributed by atoms with E-state index >= 15 is 0 Å². The first-order chi connectivity index (χ1) is 17.0. The Balaban J connectivity index is 5.26. The molecule has 0 saturated carbocycles. The van der Waals surface area contributed by atoms with E-state index in [4.69, 9.17) is 9.84 Å². The van der Waals surface area contributed by atoms with E-state index in [1.165, 1.54) is 38.5 Å². The van der Waals surface area contributed by atoms with E-state index < -0.39 is 41.6 Å². The molecule has 0 aliphatic rings.